The van der Waals surface area contributed by atoms with Crippen LogP contribution in [0.15, 0.2) is 12.1 Å². The molecule has 0 aliphatic carbocycles. The summed E-state index contributed by atoms with van der Waals surface area (Å²) in [5.74, 6) is 0. The molecule has 1 heterocycles. The van der Waals surface area contributed by atoms with Crippen LogP contribution in [0.2, 0.25) is 39.3 Å². The number of rotatable bonds is 4. The Morgan fingerprint density at radius 3 is 1.07 bits per heavy atom. The van der Waals surface area contributed by atoms with E-state index in [0.29, 0.717) is 0 Å². The van der Waals surface area contributed by atoms with Gasteiger partial charge in [0.15, 0.2) is 0 Å². The summed E-state index contributed by atoms with van der Waals surface area (Å²) in [6.45, 7) is 33.6. The van der Waals surface area contributed by atoms with Crippen LogP contribution in [0.5, 0.6) is 0 Å². The maximum absolute atomic E-state index is 5.56. The van der Waals surface area contributed by atoms with Crippen molar-refractivity contribution in [2.45, 2.75) is 91.1 Å². The van der Waals surface area contributed by atoms with Crippen molar-refractivity contribution in [1.82, 2.24) is 9.97 Å². The summed E-state index contributed by atoms with van der Waals surface area (Å²) in [5.41, 5.74) is 5.04. The molecule has 0 radical (unpaired) electrons. The Bertz CT molecular complexity index is 853. The standard InChI is InChI=1S/C24H44N2P2Si2/c1-23(2,3)27(7)21-22(28(8)24(4,5)6)26-20-18(30(12,13)14)16-15-17(19(20)25-21)29(9,10)11/h15-16H,1-14H3. The maximum Gasteiger partial charge on any atom is 0.0899 e. The highest BCUT2D eigenvalue weighted by Gasteiger charge is 2.34. The van der Waals surface area contributed by atoms with E-state index in [2.05, 4.69) is 106 Å². The van der Waals surface area contributed by atoms with Crippen LogP contribution < -0.4 is 21.2 Å². The van der Waals surface area contributed by atoms with Crippen LogP contribution in [0.1, 0.15) is 41.5 Å². The number of nitrogens with zero attached hydrogens (tertiary/aromatic N) is 2. The summed E-state index contributed by atoms with van der Waals surface area (Å²) in [6, 6.07) is 4.79. The van der Waals surface area contributed by atoms with Crippen molar-refractivity contribution < 1.29 is 0 Å². The van der Waals surface area contributed by atoms with Crippen LogP contribution in [0.4, 0.5) is 0 Å². The summed E-state index contributed by atoms with van der Waals surface area (Å²) in [5, 5.41) is 3.37. The molecule has 2 nitrogen and oxygen atoms in total. The maximum atomic E-state index is 5.56. The number of hydrogen-bond acceptors (Lipinski definition) is 2. The normalized spacial score (nSPS) is 16.1. The molecule has 0 saturated carbocycles. The van der Waals surface area contributed by atoms with Crippen molar-refractivity contribution >= 4 is 64.3 Å². The predicted octanol–water partition coefficient (Wildman–Crippen LogP) is 5.79. The van der Waals surface area contributed by atoms with Gasteiger partial charge in [0.25, 0.3) is 0 Å². The Balaban J connectivity index is 3.07. The van der Waals surface area contributed by atoms with Crippen molar-refractivity contribution in [2.24, 2.45) is 0 Å². The number of fused-ring (bicyclic) bond motifs is 1. The van der Waals surface area contributed by atoms with Gasteiger partial charge in [0.05, 0.1) is 38.1 Å². The Morgan fingerprint density at radius 1 is 0.600 bits per heavy atom. The van der Waals surface area contributed by atoms with Crippen LogP contribution in [0.3, 0.4) is 0 Å². The van der Waals surface area contributed by atoms with Crippen molar-refractivity contribution in [3.63, 3.8) is 0 Å². The lowest BCUT2D eigenvalue weighted by Gasteiger charge is -2.34. The first-order valence-electron chi connectivity index (χ1n) is 11.1. The van der Waals surface area contributed by atoms with Gasteiger partial charge < -0.3 is 0 Å². The summed E-state index contributed by atoms with van der Waals surface area (Å²) >= 11 is 0. The molecule has 30 heavy (non-hydrogen) atoms. The van der Waals surface area contributed by atoms with Gasteiger partial charge in [-0.25, -0.2) is 9.97 Å². The second kappa shape index (κ2) is 8.33. The van der Waals surface area contributed by atoms with Crippen LogP contribution >= 0.6 is 15.8 Å². The molecule has 0 amide bonds. The van der Waals surface area contributed by atoms with E-state index >= 15 is 0 Å². The molecular formula is C24H44N2P2Si2. The number of benzene rings is 1. The van der Waals surface area contributed by atoms with Crippen molar-refractivity contribution in [3.8, 4) is 0 Å². The Hall–Kier alpha value is -0.146. The van der Waals surface area contributed by atoms with E-state index in [1.165, 1.54) is 32.3 Å². The fourth-order valence-corrected chi connectivity index (χ4v) is 9.72. The zero-order chi connectivity index (χ0) is 23.4. The zero-order valence-corrected chi connectivity index (χ0v) is 25.7. The van der Waals surface area contributed by atoms with Gasteiger partial charge in [0.1, 0.15) is 0 Å². The summed E-state index contributed by atoms with van der Waals surface area (Å²) < 4.78 is 0. The third-order valence-corrected chi connectivity index (χ3v) is 16.2. The molecule has 0 aliphatic heterocycles. The summed E-state index contributed by atoms with van der Waals surface area (Å²) in [4.78, 5) is 11.1. The van der Waals surface area contributed by atoms with Gasteiger partial charge in [-0.1, -0.05) is 109 Å². The third kappa shape index (κ3) is 5.42. The van der Waals surface area contributed by atoms with E-state index < -0.39 is 32.0 Å². The van der Waals surface area contributed by atoms with Crippen LogP contribution in [0, 0.1) is 0 Å². The van der Waals surface area contributed by atoms with Gasteiger partial charge in [-0.05, 0) is 34.0 Å². The molecule has 6 heteroatoms. The molecule has 0 aliphatic rings. The van der Waals surface area contributed by atoms with E-state index in [0.717, 1.165) is 0 Å². The predicted molar refractivity (Wildman–Crippen MR) is 150 cm³/mol. The molecule has 1 aromatic heterocycles. The largest absolute Gasteiger partial charge is 0.244 e. The van der Waals surface area contributed by atoms with Gasteiger partial charge in [0.2, 0.25) is 0 Å². The van der Waals surface area contributed by atoms with Crippen LogP contribution in [-0.2, 0) is 0 Å². The van der Waals surface area contributed by atoms with Gasteiger partial charge in [-0.3, -0.25) is 0 Å². The third-order valence-electron chi connectivity index (χ3n) is 6.05. The molecule has 2 rings (SSSR count). The van der Waals surface area contributed by atoms with E-state index in [4.69, 9.17) is 9.97 Å². The number of hydrogen-bond donors (Lipinski definition) is 0. The summed E-state index contributed by atoms with van der Waals surface area (Å²) in [7, 11) is -3.89. The molecule has 0 N–H and O–H groups in total. The van der Waals surface area contributed by atoms with E-state index in [-0.39, 0.29) is 10.3 Å². The molecular weight excluding hydrogens is 434 g/mol. The fraction of sp³-hybridized carbons (Fsp3) is 0.667. The lowest BCUT2D eigenvalue weighted by Crippen LogP contribution is -2.46. The minimum Gasteiger partial charge on any atom is -0.244 e. The Kier molecular flexibility index (Phi) is 7.25. The van der Waals surface area contributed by atoms with Gasteiger partial charge in [-0.15, -0.1) is 0 Å². The van der Waals surface area contributed by atoms with Gasteiger partial charge in [0, 0.05) is 0 Å². The van der Waals surface area contributed by atoms with Crippen molar-refractivity contribution in [2.75, 3.05) is 13.3 Å². The van der Waals surface area contributed by atoms with Crippen LogP contribution in [-0.4, -0.2) is 49.8 Å². The molecule has 2 atom stereocenters. The van der Waals surface area contributed by atoms with E-state index in [1.807, 2.05) is 0 Å². The average molecular weight is 479 g/mol. The minimum atomic E-state index is -1.54. The lowest BCUT2D eigenvalue weighted by molar-refractivity contribution is 0.787. The molecule has 1 aromatic carbocycles. The first-order chi connectivity index (χ1) is 13.3. The highest BCUT2D eigenvalue weighted by Crippen LogP contribution is 2.49. The second-order valence-corrected chi connectivity index (χ2v) is 28.5. The molecule has 168 valence electrons. The monoisotopic (exact) mass is 478 g/mol. The van der Waals surface area contributed by atoms with E-state index in [1.54, 1.807) is 0 Å². The number of aromatic nitrogens is 2. The molecule has 2 unspecified atom stereocenters. The molecule has 0 bridgehead atoms. The smallest absolute Gasteiger partial charge is 0.0899 e. The second-order valence-electron chi connectivity index (χ2n) is 12.7. The van der Waals surface area contributed by atoms with Crippen molar-refractivity contribution in [3.05, 3.63) is 12.1 Å². The molecule has 2 aromatic rings. The van der Waals surface area contributed by atoms with Gasteiger partial charge >= 0.3 is 0 Å². The lowest BCUT2D eigenvalue weighted by atomic mass is 10.3. The minimum absolute atomic E-state index is 0.218. The summed E-state index contributed by atoms with van der Waals surface area (Å²) in [6.07, 6.45) is 0. The SMILES string of the molecule is CP(c1nc2c([Si](C)(C)C)ccc([Si](C)(C)C)c2nc1P(C)C(C)(C)C)C(C)(C)C. The van der Waals surface area contributed by atoms with Crippen molar-refractivity contribution in [1.29, 1.82) is 0 Å². The quantitative estimate of drug-likeness (QED) is 0.410. The first-order valence-corrected chi connectivity index (χ1v) is 21.7. The van der Waals surface area contributed by atoms with E-state index in [9.17, 15) is 0 Å². The first kappa shape index (κ1) is 26.1. The van der Waals surface area contributed by atoms with Crippen LogP contribution in [0.25, 0.3) is 11.0 Å². The molecule has 0 spiro atoms. The average Bonchev–Trinajstić information content (AvgIpc) is 2.54. The molecule has 0 saturated heterocycles. The fourth-order valence-electron chi connectivity index (χ4n) is 3.41. The topological polar surface area (TPSA) is 25.8 Å². The highest BCUT2D eigenvalue weighted by atomic mass is 31.1. The zero-order valence-electron chi connectivity index (χ0n) is 21.9. The van der Waals surface area contributed by atoms with Gasteiger partial charge in [-0.2, -0.15) is 0 Å². The highest BCUT2D eigenvalue weighted by molar-refractivity contribution is 7.72. The Morgan fingerprint density at radius 2 is 0.867 bits per heavy atom. The molecule has 0 fully saturated rings. The Labute approximate surface area is 190 Å².